The number of hydrogen-bond acceptors (Lipinski definition) is 3. The van der Waals surface area contributed by atoms with E-state index in [1.807, 2.05) is 6.07 Å². The summed E-state index contributed by atoms with van der Waals surface area (Å²) in [5, 5.41) is 7.63. The number of rotatable bonds is 4. The molecule has 0 saturated heterocycles. The van der Waals surface area contributed by atoms with Gasteiger partial charge in [0.2, 0.25) is 0 Å². The molecule has 4 nitrogen and oxygen atoms in total. The lowest BCUT2D eigenvalue weighted by Gasteiger charge is -2.25. The first-order valence-electron chi connectivity index (χ1n) is 6.93. The fraction of sp³-hybridized carbons (Fsp3) is 0.571. The molecular weight excluding hydrogens is 281 g/mol. The Kier molecular flexibility index (Phi) is 4.39. The molecule has 1 aromatic heterocycles. The summed E-state index contributed by atoms with van der Waals surface area (Å²) in [7, 11) is 1.55. The van der Waals surface area contributed by atoms with Crippen LogP contribution < -0.4 is 10.6 Å². The number of fused-ring (bicyclic) bond motifs is 1. The minimum Gasteiger partial charge on any atom is -0.384 e. The van der Waals surface area contributed by atoms with Crippen LogP contribution >= 0.6 is 0 Å². The van der Waals surface area contributed by atoms with Crippen LogP contribution in [0.5, 0.6) is 0 Å². The molecule has 1 aromatic rings. The maximum Gasteiger partial charge on any atom is 0.390 e. The molecular formula is C14H19F3N4. The molecule has 2 rings (SSSR count). The Morgan fingerprint density at radius 3 is 2.67 bits per heavy atom. The molecule has 0 aliphatic heterocycles. The van der Waals surface area contributed by atoms with Gasteiger partial charge in [-0.05, 0) is 37.3 Å². The lowest BCUT2D eigenvalue weighted by Crippen LogP contribution is -2.28. The number of pyridine rings is 1. The van der Waals surface area contributed by atoms with E-state index in [-0.39, 0.29) is 12.4 Å². The predicted molar refractivity (Wildman–Crippen MR) is 75.8 cm³/mol. The number of hydrogen-bond donors (Lipinski definition) is 2. The largest absolute Gasteiger partial charge is 0.390 e. The summed E-state index contributed by atoms with van der Waals surface area (Å²) in [6.07, 6.45) is -1.32. The van der Waals surface area contributed by atoms with Crippen molar-refractivity contribution in [2.24, 2.45) is 5.73 Å². The van der Waals surface area contributed by atoms with Crippen LogP contribution in [-0.4, -0.2) is 30.6 Å². The number of nitrogen functional groups attached to an aromatic ring is 1. The van der Waals surface area contributed by atoms with Gasteiger partial charge in [0, 0.05) is 19.3 Å². The van der Waals surface area contributed by atoms with Crippen LogP contribution in [0.3, 0.4) is 0 Å². The third-order valence-corrected chi connectivity index (χ3v) is 3.66. The van der Waals surface area contributed by atoms with E-state index < -0.39 is 12.6 Å². The van der Waals surface area contributed by atoms with Crippen LogP contribution in [0.2, 0.25) is 0 Å². The number of alkyl halides is 3. The van der Waals surface area contributed by atoms with Crippen LogP contribution in [0.25, 0.3) is 0 Å². The van der Waals surface area contributed by atoms with E-state index in [1.54, 1.807) is 7.05 Å². The zero-order valence-electron chi connectivity index (χ0n) is 11.9. The van der Waals surface area contributed by atoms with Crippen molar-refractivity contribution in [2.45, 2.75) is 38.3 Å². The van der Waals surface area contributed by atoms with Crippen LogP contribution in [-0.2, 0) is 12.8 Å². The smallest absolute Gasteiger partial charge is 0.384 e. The second kappa shape index (κ2) is 5.91. The van der Waals surface area contributed by atoms with Gasteiger partial charge in [0.25, 0.3) is 0 Å². The van der Waals surface area contributed by atoms with Gasteiger partial charge in [0.05, 0.1) is 12.0 Å². The van der Waals surface area contributed by atoms with Gasteiger partial charge in [-0.2, -0.15) is 13.2 Å². The SMILES string of the molecule is CN(CCC(F)(F)F)c1nc2c(cc1C(=N)N)CCCC2. The highest BCUT2D eigenvalue weighted by molar-refractivity contribution is 5.99. The lowest BCUT2D eigenvalue weighted by atomic mass is 9.94. The minimum atomic E-state index is -4.21. The number of aromatic nitrogens is 1. The van der Waals surface area contributed by atoms with Gasteiger partial charge >= 0.3 is 6.18 Å². The van der Waals surface area contributed by atoms with E-state index in [1.165, 1.54) is 4.90 Å². The van der Waals surface area contributed by atoms with Crippen molar-refractivity contribution in [3.63, 3.8) is 0 Å². The maximum atomic E-state index is 12.4. The first kappa shape index (κ1) is 15.6. The van der Waals surface area contributed by atoms with E-state index >= 15 is 0 Å². The second-order valence-corrected chi connectivity index (χ2v) is 5.37. The summed E-state index contributed by atoms with van der Waals surface area (Å²) >= 11 is 0. The van der Waals surface area contributed by atoms with Gasteiger partial charge in [0.1, 0.15) is 11.7 Å². The van der Waals surface area contributed by atoms with E-state index in [0.29, 0.717) is 11.4 Å². The Morgan fingerprint density at radius 2 is 2.05 bits per heavy atom. The Bertz CT molecular complexity index is 540. The Hall–Kier alpha value is -1.79. The number of nitrogens with zero attached hydrogens (tertiary/aromatic N) is 2. The third kappa shape index (κ3) is 3.86. The Morgan fingerprint density at radius 1 is 1.38 bits per heavy atom. The molecule has 0 atom stereocenters. The molecule has 0 spiro atoms. The zero-order valence-corrected chi connectivity index (χ0v) is 11.9. The van der Waals surface area contributed by atoms with E-state index in [2.05, 4.69) is 4.98 Å². The predicted octanol–water partition coefficient (Wildman–Crippen LogP) is 2.63. The summed E-state index contributed by atoms with van der Waals surface area (Å²) in [4.78, 5) is 5.90. The lowest BCUT2D eigenvalue weighted by molar-refractivity contribution is -0.132. The number of aryl methyl sites for hydroxylation is 2. The highest BCUT2D eigenvalue weighted by Gasteiger charge is 2.28. The Labute approximate surface area is 121 Å². The van der Waals surface area contributed by atoms with Crippen LogP contribution in [0.15, 0.2) is 6.07 Å². The van der Waals surface area contributed by atoms with Gasteiger partial charge in [0.15, 0.2) is 0 Å². The molecule has 0 saturated carbocycles. The number of halogens is 3. The van der Waals surface area contributed by atoms with Crippen molar-refractivity contribution in [1.82, 2.24) is 4.98 Å². The van der Waals surface area contributed by atoms with E-state index in [9.17, 15) is 13.2 Å². The molecule has 0 radical (unpaired) electrons. The van der Waals surface area contributed by atoms with Crippen LogP contribution in [0, 0.1) is 5.41 Å². The van der Waals surface area contributed by atoms with Crippen molar-refractivity contribution in [2.75, 3.05) is 18.5 Å². The van der Waals surface area contributed by atoms with E-state index in [0.717, 1.165) is 36.9 Å². The average Bonchev–Trinajstić information content (AvgIpc) is 2.42. The summed E-state index contributed by atoms with van der Waals surface area (Å²) in [5.41, 5.74) is 7.95. The van der Waals surface area contributed by atoms with Crippen molar-refractivity contribution >= 4 is 11.7 Å². The molecule has 1 aliphatic rings. The van der Waals surface area contributed by atoms with Crippen molar-refractivity contribution < 1.29 is 13.2 Å². The molecule has 3 N–H and O–H groups in total. The standard InChI is InChI=1S/C14H19F3N4/c1-21(7-6-14(15,16)17)13-10(12(18)19)8-9-4-2-3-5-11(9)20-13/h8H,2-7H2,1H3,(H3,18,19). The average molecular weight is 300 g/mol. The van der Waals surface area contributed by atoms with Gasteiger partial charge in [-0.3, -0.25) is 5.41 Å². The zero-order chi connectivity index (χ0) is 15.6. The van der Waals surface area contributed by atoms with Gasteiger partial charge in [-0.1, -0.05) is 0 Å². The maximum absolute atomic E-state index is 12.4. The second-order valence-electron chi connectivity index (χ2n) is 5.37. The summed E-state index contributed by atoms with van der Waals surface area (Å²) in [5.74, 6) is 0.206. The molecule has 1 aliphatic carbocycles. The molecule has 0 aromatic carbocycles. The number of amidine groups is 1. The first-order valence-corrected chi connectivity index (χ1v) is 6.93. The topological polar surface area (TPSA) is 66.0 Å². The number of nitrogens with two attached hydrogens (primary N) is 1. The number of nitrogens with one attached hydrogen (secondary N) is 1. The van der Waals surface area contributed by atoms with E-state index in [4.69, 9.17) is 11.1 Å². The molecule has 21 heavy (non-hydrogen) atoms. The fourth-order valence-electron chi connectivity index (χ4n) is 2.51. The summed E-state index contributed by atoms with van der Waals surface area (Å²) in [6.45, 7) is -0.199. The molecule has 0 fully saturated rings. The highest BCUT2D eigenvalue weighted by Crippen LogP contribution is 2.27. The Balaban J connectivity index is 2.30. The molecule has 1 heterocycles. The minimum absolute atomic E-state index is 0.162. The van der Waals surface area contributed by atoms with Crippen molar-refractivity contribution in [3.8, 4) is 0 Å². The molecule has 116 valence electrons. The monoisotopic (exact) mass is 300 g/mol. The molecule has 0 unspecified atom stereocenters. The van der Waals surface area contributed by atoms with Gasteiger partial charge in [-0.25, -0.2) is 4.98 Å². The first-order chi connectivity index (χ1) is 9.78. The van der Waals surface area contributed by atoms with Crippen molar-refractivity contribution in [3.05, 3.63) is 22.9 Å². The van der Waals surface area contributed by atoms with Crippen LogP contribution in [0.4, 0.5) is 19.0 Å². The molecule has 0 amide bonds. The van der Waals surface area contributed by atoms with Crippen molar-refractivity contribution in [1.29, 1.82) is 5.41 Å². The highest BCUT2D eigenvalue weighted by atomic mass is 19.4. The molecule has 7 heteroatoms. The summed E-state index contributed by atoms with van der Waals surface area (Å²) in [6, 6.07) is 1.81. The van der Waals surface area contributed by atoms with Gasteiger partial charge < -0.3 is 10.6 Å². The van der Waals surface area contributed by atoms with Crippen LogP contribution in [0.1, 0.15) is 36.1 Å². The summed E-state index contributed by atoms with van der Waals surface area (Å²) < 4.78 is 37.1. The number of anilines is 1. The molecule has 0 bridgehead atoms. The quantitative estimate of drug-likeness (QED) is 0.663. The fourth-order valence-corrected chi connectivity index (χ4v) is 2.51. The normalized spacial score (nSPS) is 14.7. The third-order valence-electron chi connectivity index (χ3n) is 3.66. The van der Waals surface area contributed by atoms with Gasteiger partial charge in [-0.15, -0.1) is 0 Å².